The van der Waals surface area contributed by atoms with E-state index < -0.39 is 10.8 Å². The highest BCUT2D eigenvalue weighted by molar-refractivity contribution is 7.85. The van der Waals surface area contributed by atoms with Crippen molar-refractivity contribution in [3.8, 4) is 0 Å². The number of rotatable bonds is 7. The second-order valence-electron chi connectivity index (χ2n) is 11.2. The summed E-state index contributed by atoms with van der Waals surface area (Å²) in [5.74, 6) is 1.83. The summed E-state index contributed by atoms with van der Waals surface area (Å²) < 4.78 is 28.3. The van der Waals surface area contributed by atoms with Crippen molar-refractivity contribution in [1.29, 1.82) is 0 Å². The van der Waals surface area contributed by atoms with Crippen molar-refractivity contribution in [2.45, 2.75) is 76.0 Å². The lowest BCUT2D eigenvalue weighted by molar-refractivity contribution is -0.126. The molecule has 1 amide bonds. The summed E-state index contributed by atoms with van der Waals surface area (Å²) >= 11 is 0. The van der Waals surface area contributed by atoms with Crippen LogP contribution in [0.1, 0.15) is 68.4 Å². The number of fused-ring (bicyclic) bond motifs is 3. The van der Waals surface area contributed by atoms with Gasteiger partial charge in [-0.3, -0.25) is 18.9 Å². The molecule has 1 aromatic carbocycles. The number of hydrogen-bond acceptors (Lipinski definition) is 5. The minimum atomic E-state index is -0.806. The zero-order chi connectivity index (χ0) is 26.2. The number of benzene rings is 1. The number of nitrogens with one attached hydrogen (secondary N) is 1. The number of imidazole rings is 1. The maximum absolute atomic E-state index is 14.1. The summed E-state index contributed by atoms with van der Waals surface area (Å²) in [5, 5.41) is 3.24. The number of carbonyl (C=O) groups excluding carboxylic acids is 1. The maximum Gasteiger partial charge on any atom is 0.223 e. The van der Waals surface area contributed by atoms with Gasteiger partial charge < -0.3 is 9.88 Å². The molecule has 0 saturated carbocycles. The van der Waals surface area contributed by atoms with E-state index in [0.29, 0.717) is 42.5 Å². The number of nitrogens with zero attached hydrogens (tertiary/aromatic N) is 4. The van der Waals surface area contributed by atoms with Gasteiger partial charge in [0.1, 0.15) is 17.2 Å². The predicted octanol–water partition coefficient (Wildman–Crippen LogP) is 4.45. The number of hydrogen-bond donors (Lipinski definition) is 1. The SMILES string of the molecule is Cc1nc2cnccc2n1C1C[C@H]2CC[C@@H](C1)N2CC[C@H](NC(=O)C1CCS(=O)CC1)c1cccc(F)c1. The van der Waals surface area contributed by atoms with Gasteiger partial charge in [0.2, 0.25) is 5.91 Å². The van der Waals surface area contributed by atoms with Crippen molar-refractivity contribution in [3.63, 3.8) is 0 Å². The average molecular weight is 538 g/mol. The number of aryl methyl sites for hydroxylation is 1. The Hall–Kier alpha value is -2.65. The van der Waals surface area contributed by atoms with Gasteiger partial charge in [0.25, 0.3) is 0 Å². The summed E-state index contributed by atoms with van der Waals surface area (Å²) in [7, 11) is -0.806. The first kappa shape index (κ1) is 25.6. The lowest BCUT2D eigenvalue weighted by atomic mass is 9.94. The number of piperidine rings is 1. The number of pyridine rings is 1. The third kappa shape index (κ3) is 5.15. The quantitative estimate of drug-likeness (QED) is 0.482. The van der Waals surface area contributed by atoms with Crippen LogP contribution in [0.3, 0.4) is 0 Å². The molecule has 3 aromatic rings. The Morgan fingerprint density at radius 2 is 1.89 bits per heavy atom. The van der Waals surface area contributed by atoms with E-state index in [9.17, 15) is 13.4 Å². The summed E-state index contributed by atoms with van der Waals surface area (Å²) in [5.41, 5.74) is 2.93. The van der Waals surface area contributed by atoms with Crippen LogP contribution in [0.5, 0.6) is 0 Å². The fraction of sp³-hybridized carbons (Fsp3) is 0.552. The molecule has 7 nitrogen and oxygen atoms in total. The van der Waals surface area contributed by atoms with Gasteiger partial charge in [0.05, 0.1) is 17.8 Å². The second kappa shape index (κ2) is 10.8. The minimum absolute atomic E-state index is 0.00888. The van der Waals surface area contributed by atoms with E-state index in [1.165, 1.54) is 18.9 Å². The highest BCUT2D eigenvalue weighted by atomic mass is 32.2. The topological polar surface area (TPSA) is 80.1 Å². The van der Waals surface area contributed by atoms with E-state index in [2.05, 4.69) is 32.8 Å². The summed E-state index contributed by atoms with van der Waals surface area (Å²) in [6, 6.07) is 9.86. The lowest BCUT2D eigenvalue weighted by Gasteiger charge is -2.40. The molecule has 0 radical (unpaired) electrons. The largest absolute Gasteiger partial charge is 0.349 e. The van der Waals surface area contributed by atoms with Crippen molar-refractivity contribution >= 4 is 27.7 Å². The molecule has 1 unspecified atom stereocenters. The first-order valence-corrected chi connectivity index (χ1v) is 15.4. The molecule has 3 saturated heterocycles. The average Bonchev–Trinajstić information content (AvgIpc) is 3.37. The Labute approximate surface area is 225 Å². The van der Waals surface area contributed by atoms with Gasteiger partial charge in [-0.05, 0) is 75.6 Å². The second-order valence-corrected chi connectivity index (χ2v) is 12.9. The number of amides is 1. The van der Waals surface area contributed by atoms with Crippen LogP contribution in [-0.4, -0.2) is 59.7 Å². The van der Waals surface area contributed by atoms with Gasteiger partial charge in [-0.2, -0.15) is 0 Å². The molecule has 9 heteroatoms. The molecule has 6 rings (SSSR count). The van der Waals surface area contributed by atoms with Crippen molar-refractivity contribution in [2.24, 2.45) is 5.92 Å². The van der Waals surface area contributed by atoms with E-state index in [4.69, 9.17) is 4.98 Å². The molecule has 3 aliphatic rings. The maximum atomic E-state index is 14.1. The van der Waals surface area contributed by atoms with Gasteiger partial charge in [-0.25, -0.2) is 9.37 Å². The first-order chi connectivity index (χ1) is 18.5. The Balaban J connectivity index is 1.15. The van der Waals surface area contributed by atoms with Gasteiger partial charge >= 0.3 is 0 Å². The van der Waals surface area contributed by atoms with Crippen molar-refractivity contribution in [2.75, 3.05) is 18.1 Å². The third-order valence-corrected chi connectivity index (χ3v) is 10.3. The first-order valence-electron chi connectivity index (χ1n) is 13.9. The molecule has 38 heavy (non-hydrogen) atoms. The van der Waals surface area contributed by atoms with Crippen LogP contribution in [0.15, 0.2) is 42.7 Å². The Bertz CT molecular complexity index is 1320. The minimum Gasteiger partial charge on any atom is -0.349 e. The van der Waals surface area contributed by atoms with Crippen LogP contribution >= 0.6 is 0 Å². The van der Waals surface area contributed by atoms with Gasteiger partial charge in [-0.15, -0.1) is 0 Å². The van der Waals surface area contributed by atoms with E-state index in [1.807, 2.05) is 18.5 Å². The highest BCUT2D eigenvalue weighted by Crippen LogP contribution is 2.42. The molecule has 3 aliphatic heterocycles. The van der Waals surface area contributed by atoms with Crippen LogP contribution in [0.4, 0.5) is 4.39 Å². The fourth-order valence-corrected chi connectivity index (χ4v) is 8.32. The highest BCUT2D eigenvalue weighted by Gasteiger charge is 2.42. The monoisotopic (exact) mass is 537 g/mol. The van der Waals surface area contributed by atoms with Crippen LogP contribution in [-0.2, 0) is 15.6 Å². The van der Waals surface area contributed by atoms with Crippen molar-refractivity contribution < 1.29 is 13.4 Å². The summed E-state index contributed by atoms with van der Waals surface area (Å²) in [6.45, 7) is 2.95. The predicted molar refractivity (Wildman–Crippen MR) is 147 cm³/mol. The Morgan fingerprint density at radius 1 is 1.13 bits per heavy atom. The standard InChI is InChI=1S/C29H36FN5O2S/c1-19-32-27-18-31-11-7-28(27)35(19)25-16-23-5-6-24(17-25)34(23)12-8-26(21-3-2-4-22(30)15-21)33-29(36)20-9-13-38(37)14-10-20/h2-4,7,11,15,18,20,23-26H,5-6,8-10,12-14,16-17H2,1H3,(H,33,36)/t20?,23-,24+,25?,26-,38?/m0/s1. The Kier molecular flexibility index (Phi) is 7.31. The molecule has 1 N–H and O–H groups in total. The molecule has 0 aliphatic carbocycles. The van der Waals surface area contributed by atoms with E-state index >= 15 is 0 Å². The molecule has 5 heterocycles. The van der Waals surface area contributed by atoms with E-state index in [-0.39, 0.29) is 23.7 Å². The fourth-order valence-electron chi connectivity index (χ4n) is 7.02. The molecule has 4 atom stereocenters. The van der Waals surface area contributed by atoms with E-state index in [1.54, 1.807) is 12.1 Å². The molecule has 2 bridgehead atoms. The van der Waals surface area contributed by atoms with E-state index in [0.717, 1.165) is 48.2 Å². The van der Waals surface area contributed by atoms with Gasteiger partial charge in [0.15, 0.2) is 0 Å². The van der Waals surface area contributed by atoms with Gasteiger partial charge in [-0.1, -0.05) is 12.1 Å². The van der Waals surface area contributed by atoms with Gasteiger partial charge in [0, 0.05) is 59.1 Å². The summed E-state index contributed by atoms with van der Waals surface area (Å²) in [4.78, 5) is 24.8. The Morgan fingerprint density at radius 3 is 2.63 bits per heavy atom. The number of aromatic nitrogens is 3. The van der Waals surface area contributed by atoms with Crippen LogP contribution < -0.4 is 5.32 Å². The van der Waals surface area contributed by atoms with Crippen molar-refractivity contribution in [3.05, 3.63) is 59.9 Å². The normalized spacial score (nSPS) is 28.4. The number of carbonyl (C=O) groups is 1. The van der Waals surface area contributed by atoms with Crippen LogP contribution in [0.2, 0.25) is 0 Å². The molecule has 2 aromatic heterocycles. The molecule has 3 fully saturated rings. The van der Waals surface area contributed by atoms with Crippen LogP contribution in [0.25, 0.3) is 11.0 Å². The van der Waals surface area contributed by atoms with Crippen LogP contribution in [0, 0.1) is 18.7 Å². The molecular weight excluding hydrogens is 501 g/mol. The number of halogens is 1. The lowest BCUT2D eigenvalue weighted by Crippen LogP contribution is -2.45. The zero-order valence-corrected chi connectivity index (χ0v) is 22.7. The molecule has 202 valence electrons. The zero-order valence-electron chi connectivity index (χ0n) is 21.9. The smallest absolute Gasteiger partial charge is 0.223 e. The van der Waals surface area contributed by atoms with Crippen molar-refractivity contribution in [1.82, 2.24) is 24.8 Å². The molecular formula is C29H36FN5O2S. The molecule has 0 spiro atoms. The third-order valence-electron chi connectivity index (χ3n) is 8.90. The summed E-state index contributed by atoms with van der Waals surface area (Å²) in [6.07, 6.45) is 10.3.